The highest BCUT2D eigenvalue weighted by Crippen LogP contribution is 2.28. The Hall–Kier alpha value is -3.00. The van der Waals surface area contributed by atoms with Crippen molar-refractivity contribution < 1.29 is 9.47 Å². The quantitative estimate of drug-likeness (QED) is 0.409. The van der Waals surface area contributed by atoms with Crippen LogP contribution in [0.1, 0.15) is 29.7 Å². The average molecular weight is 330 g/mol. The summed E-state index contributed by atoms with van der Waals surface area (Å²) in [5.41, 5.74) is 3.28. The van der Waals surface area contributed by atoms with Gasteiger partial charge in [0.1, 0.15) is 17.6 Å². The summed E-state index contributed by atoms with van der Waals surface area (Å²) in [5.74, 6) is 1.69. The van der Waals surface area contributed by atoms with E-state index in [9.17, 15) is 0 Å². The summed E-state index contributed by atoms with van der Waals surface area (Å²) in [4.78, 5) is 0. The summed E-state index contributed by atoms with van der Waals surface area (Å²) in [6.07, 6.45) is 2.03. The van der Waals surface area contributed by atoms with E-state index in [1.807, 2.05) is 60.7 Å². The van der Waals surface area contributed by atoms with Crippen LogP contribution in [0, 0.1) is 0 Å². The summed E-state index contributed by atoms with van der Waals surface area (Å²) >= 11 is 0. The number of rotatable bonds is 6. The molecule has 1 atom stereocenters. The molecule has 0 fully saturated rings. The van der Waals surface area contributed by atoms with Gasteiger partial charge in [-0.2, -0.15) is 0 Å². The molecule has 0 amide bonds. The molecule has 0 saturated heterocycles. The highest BCUT2D eigenvalue weighted by molar-refractivity contribution is 5.77. The van der Waals surface area contributed by atoms with E-state index in [1.54, 1.807) is 7.11 Å². The predicted molar refractivity (Wildman–Crippen MR) is 103 cm³/mol. The minimum Gasteiger partial charge on any atom is -0.497 e. The van der Waals surface area contributed by atoms with Gasteiger partial charge in [-0.25, -0.2) is 0 Å². The smallest absolute Gasteiger partial charge is 0.128 e. The Balaban J connectivity index is 1.91. The standard InChI is InChI=1S/C23H22O2/c1-18(20-9-5-3-6-10-20)25-23(21-11-7-4-8-12-21)17-19-13-15-22(24-2)16-14-19/h3-18H,1-2H3/b23-17-. The lowest BCUT2D eigenvalue weighted by atomic mass is 10.1. The molecule has 3 rings (SSSR count). The summed E-state index contributed by atoms with van der Waals surface area (Å²) in [5, 5.41) is 0. The van der Waals surface area contributed by atoms with Crippen LogP contribution in [0.25, 0.3) is 11.8 Å². The maximum atomic E-state index is 6.31. The van der Waals surface area contributed by atoms with E-state index in [0.29, 0.717) is 0 Å². The summed E-state index contributed by atoms with van der Waals surface area (Å²) in [6.45, 7) is 2.07. The molecular weight excluding hydrogens is 308 g/mol. The molecule has 0 saturated carbocycles. The van der Waals surface area contributed by atoms with Gasteiger partial charge in [0.05, 0.1) is 7.11 Å². The van der Waals surface area contributed by atoms with Crippen LogP contribution < -0.4 is 4.74 Å². The molecule has 2 nitrogen and oxygen atoms in total. The normalized spacial score (nSPS) is 12.5. The Morgan fingerprint density at radius 1 is 0.800 bits per heavy atom. The van der Waals surface area contributed by atoms with Crippen LogP contribution in [0.15, 0.2) is 84.9 Å². The van der Waals surface area contributed by atoms with Crippen molar-refractivity contribution in [1.29, 1.82) is 0 Å². The van der Waals surface area contributed by atoms with Gasteiger partial charge >= 0.3 is 0 Å². The fraction of sp³-hybridized carbons (Fsp3) is 0.130. The Morgan fingerprint density at radius 2 is 1.40 bits per heavy atom. The van der Waals surface area contributed by atoms with Crippen molar-refractivity contribution in [3.63, 3.8) is 0 Å². The number of methoxy groups -OCH3 is 1. The molecular formula is C23H22O2. The molecule has 0 aliphatic rings. The molecule has 0 aliphatic carbocycles. The first-order chi connectivity index (χ1) is 12.3. The third kappa shape index (κ3) is 4.51. The van der Waals surface area contributed by atoms with Crippen LogP contribution in [0.5, 0.6) is 5.75 Å². The van der Waals surface area contributed by atoms with Crippen LogP contribution in [0.2, 0.25) is 0 Å². The fourth-order valence-corrected chi connectivity index (χ4v) is 2.62. The van der Waals surface area contributed by atoms with Crippen molar-refractivity contribution >= 4 is 11.8 Å². The SMILES string of the molecule is COc1ccc(/C=C(\OC(C)c2ccccc2)c2ccccc2)cc1. The van der Waals surface area contributed by atoms with Gasteiger partial charge in [0, 0.05) is 5.56 Å². The zero-order valence-electron chi connectivity index (χ0n) is 14.6. The van der Waals surface area contributed by atoms with Crippen molar-refractivity contribution in [3.8, 4) is 5.75 Å². The number of hydrogen-bond donors (Lipinski definition) is 0. The highest BCUT2D eigenvalue weighted by Gasteiger charge is 2.10. The first kappa shape index (κ1) is 16.8. The summed E-state index contributed by atoms with van der Waals surface area (Å²) in [6, 6.07) is 28.4. The molecule has 0 radical (unpaired) electrons. The summed E-state index contributed by atoms with van der Waals surface area (Å²) in [7, 11) is 1.67. The van der Waals surface area contributed by atoms with E-state index in [2.05, 4.69) is 37.3 Å². The second kappa shape index (κ2) is 8.20. The van der Waals surface area contributed by atoms with Crippen LogP contribution in [-0.2, 0) is 4.74 Å². The first-order valence-corrected chi connectivity index (χ1v) is 8.39. The molecule has 0 heterocycles. The molecule has 126 valence electrons. The van der Waals surface area contributed by atoms with E-state index in [1.165, 1.54) is 0 Å². The molecule has 1 unspecified atom stereocenters. The lowest BCUT2D eigenvalue weighted by Crippen LogP contribution is -2.00. The number of ether oxygens (including phenoxy) is 2. The Morgan fingerprint density at radius 3 is 2.00 bits per heavy atom. The van der Waals surface area contributed by atoms with E-state index < -0.39 is 0 Å². The minimum absolute atomic E-state index is 0.0362. The zero-order chi connectivity index (χ0) is 17.5. The third-order valence-electron chi connectivity index (χ3n) is 4.04. The van der Waals surface area contributed by atoms with Gasteiger partial charge in [-0.05, 0) is 36.3 Å². The van der Waals surface area contributed by atoms with Gasteiger partial charge in [-0.15, -0.1) is 0 Å². The van der Waals surface area contributed by atoms with E-state index in [4.69, 9.17) is 9.47 Å². The predicted octanol–water partition coefficient (Wildman–Crippen LogP) is 5.97. The zero-order valence-corrected chi connectivity index (χ0v) is 14.6. The van der Waals surface area contributed by atoms with Crippen molar-refractivity contribution in [1.82, 2.24) is 0 Å². The molecule has 25 heavy (non-hydrogen) atoms. The third-order valence-corrected chi connectivity index (χ3v) is 4.04. The Kier molecular flexibility index (Phi) is 5.53. The summed E-state index contributed by atoms with van der Waals surface area (Å²) < 4.78 is 11.5. The maximum Gasteiger partial charge on any atom is 0.128 e. The van der Waals surface area contributed by atoms with Gasteiger partial charge in [0.25, 0.3) is 0 Å². The molecule has 0 aromatic heterocycles. The lowest BCUT2D eigenvalue weighted by molar-refractivity contribution is 0.190. The maximum absolute atomic E-state index is 6.31. The molecule has 3 aromatic rings. The minimum atomic E-state index is -0.0362. The number of hydrogen-bond acceptors (Lipinski definition) is 2. The molecule has 0 bridgehead atoms. The van der Waals surface area contributed by atoms with Crippen molar-refractivity contribution in [2.75, 3.05) is 7.11 Å². The van der Waals surface area contributed by atoms with Crippen molar-refractivity contribution in [2.45, 2.75) is 13.0 Å². The molecule has 3 aromatic carbocycles. The van der Waals surface area contributed by atoms with Gasteiger partial charge in [-0.1, -0.05) is 72.8 Å². The Labute approximate surface area is 149 Å². The Bertz CT molecular complexity index is 806. The van der Waals surface area contributed by atoms with Crippen LogP contribution in [0.4, 0.5) is 0 Å². The van der Waals surface area contributed by atoms with Gasteiger partial charge in [0.2, 0.25) is 0 Å². The van der Waals surface area contributed by atoms with E-state index in [0.717, 1.165) is 28.2 Å². The lowest BCUT2D eigenvalue weighted by Gasteiger charge is -2.18. The second-order valence-electron chi connectivity index (χ2n) is 5.82. The topological polar surface area (TPSA) is 18.5 Å². The fourth-order valence-electron chi connectivity index (χ4n) is 2.62. The second-order valence-corrected chi connectivity index (χ2v) is 5.82. The van der Waals surface area contributed by atoms with Gasteiger partial charge < -0.3 is 9.47 Å². The van der Waals surface area contributed by atoms with Crippen LogP contribution >= 0.6 is 0 Å². The largest absolute Gasteiger partial charge is 0.497 e. The molecule has 0 spiro atoms. The molecule has 0 N–H and O–H groups in total. The molecule has 0 aliphatic heterocycles. The van der Waals surface area contributed by atoms with Crippen molar-refractivity contribution in [3.05, 3.63) is 102 Å². The van der Waals surface area contributed by atoms with Crippen molar-refractivity contribution in [2.24, 2.45) is 0 Å². The number of benzene rings is 3. The van der Waals surface area contributed by atoms with Gasteiger partial charge in [0.15, 0.2) is 0 Å². The van der Waals surface area contributed by atoms with E-state index in [-0.39, 0.29) is 6.10 Å². The van der Waals surface area contributed by atoms with E-state index >= 15 is 0 Å². The first-order valence-electron chi connectivity index (χ1n) is 8.39. The van der Waals surface area contributed by atoms with Crippen LogP contribution in [0.3, 0.4) is 0 Å². The molecule has 2 heteroatoms. The average Bonchev–Trinajstić information content (AvgIpc) is 2.69. The van der Waals surface area contributed by atoms with Crippen LogP contribution in [-0.4, -0.2) is 7.11 Å². The van der Waals surface area contributed by atoms with Gasteiger partial charge in [-0.3, -0.25) is 0 Å². The monoisotopic (exact) mass is 330 g/mol. The highest BCUT2D eigenvalue weighted by atomic mass is 16.5.